The smallest absolute Gasteiger partial charge is 0.379 e. The van der Waals surface area contributed by atoms with Gasteiger partial charge < -0.3 is 14.4 Å². The summed E-state index contributed by atoms with van der Waals surface area (Å²) in [5.41, 5.74) is 0. The lowest BCUT2D eigenvalue weighted by Crippen LogP contribution is -2.10. The van der Waals surface area contributed by atoms with Crippen molar-refractivity contribution in [2.24, 2.45) is 0 Å². The van der Waals surface area contributed by atoms with Crippen LogP contribution in [0.25, 0.3) is 0 Å². The topological polar surface area (TPSA) is 101 Å². The van der Waals surface area contributed by atoms with E-state index < -0.39 is 13.8 Å². The van der Waals surface area contributed by atoms with Crippen LogP contribution < -0.4 is 0 Å². The number of carbonyl (C=O) groups excluding carboxylic acids is 1. The third kappa shape index (κ3) is 12.0. The van der Waals surface area contributed by atoms with Crippen molar-refractivity contribution in [3.05, 3.63) is 12.7 Å². The predicted octanol–water partition coefficient (Wildman–Crippen LogP) is 1.21. The molecule has 0 saturated carbocycles. The Morgan fingerprint density at radius 1 is 1.21 bits per heavy atom. The molecule has 1 atom stereocenters. The summed E-state index contributed by atoms with van der Waals surface area (Å²) >= 11 is 0. The fourth-order valence-corrected chi connectivity index (χ4v) is 1.33. The van der Waals surface area contributed by atoms with Gasteiger partial charge in [-0.05, 0) is 6.42 Å². The summed E-state index contributed by atoms with van der Waals surface area (Å²) in [4.78, 5) is 23.5. The molecule has 0 fully saturated rings. The molecule has 0 aromatic heterocycles. The summed E-state index contributed by atoms with van der Waals surface area (Å²) in [5.74, 6) is -0.998. The van der Waals surface area contributed by atoms with Gasteiger partial charge in [0.25, 0.3) is 0 Å². The van der Waals surface area contributed by atoms with Crippen molar-refractivity contribution in [2.75, 3.05) is 33.0 Å². The molecule has 0 bridgehead atoms. The average Bonchev–Trinajstić information content (AvgIpc) is 2.39. The summed E-state index contributed by atoms with van der Waals surface area (Å²) in [6.45, 7) is 6.42. The molecule has 0 amide bonds. The largest absolute Gasteiger partial charge is 0.508 e. The van der Waals surface area contributed by atoms with Crippen LogP contribution in [0.3, 0.4) is 0 Å². The van der Waals surface area contributed by atoms with Gasteiger partial charge in [0.1, 0.15) is 0 Å². The summed E-state index contributed by atoms with van der Waals surface area (Å²) in [7, 11) is -4.43. The molecular formula is C10H19O8P. The molecule has 0 spiro atoms. The number of phosphoric acid groups is 1. The lowest BCUT2D eigenvalue weighted by atomic mass is 10.5. The molecule has 0 aliphatic rings. The number of phosphoric ester groups is 1. The first-order chi connectivity index (χ1) is 9.02. The minimum atomic E-state index is -4.43. The van der Waals surface area contributed by atoms with Crippen molar-refractivity contribution in [1.29, 1.82) is 0 Å². The Morgan fingerprint density at radius 2 is 1.79 bits per heavy atom. The van der Waals surface area contributed by atoms with E-state index >= 15 is 0 Å². The molecule has 1 unspecified atom stereocenters. The van der Waals surface area contributed by atoms with Crippen molar-refractivity contribution in [3.63, 3.8) is 0 Å². The van der Waals surface area contributed by atoms with E-state index in [9.17, 15) is 9.36 Å². The zero-order valence-corrected chi connectivity index (χ0v) is 11.7. The van der Waals surface area contributed by atoms with Gasteiger partial charge in [0.05, 0.1) is 26.4 Å². The van der Waals surface area contributed by atoms with E-state index in [0.29, 0.717) is 19.8 Å². The van der Waals surface area contributed by atoms with Crippen LogP contribution in [0.4, 0.5) is 0 Å². The molecule has 0 heterocycles. The highest BCUT2D eigenvalue weighted by atomic mass is 31.2. The number of hydrogen-bond donors (Lipinski definition) is 1. The Hall–Kier alpha value is -0.760. The summed E-state index contributed by atoms with van der Waals surface area (Å²) in [6.07, 6.45) is 1.71. The molecule has 8 nitrogen and oxygen atoms in total. The van der Waals surface area contributed by atoms with E-state index in [0.717, 1.165) is 12.5 Å². The van der Waals surface area contributed by atoms with Crippen molar-refractivity contribution in [1.82, 2.24) is 0 Å². The molecule has 0 aliphatic heterocycles. The van der Waals surface area contributed by atoms with E-state index in [2.05, 4.69) is 20.7 Å². The van der Waals surface area contributed by atoms with Crippen LogP contribution in [-0.2, 0) is 32.9 Å². The van der Waals surface area contributed by atoms with Crippen molar-refractivity contribution < 1.29 is 37.8 Å². The highest BCUT2D eigenvalue weighted by Gasteiger charge is 2.24. The Morgan fingerprint density at radius 3 is 2.37 bits per heavy atom. The van der Waals surface area contributed by atoms with Gasteiger partial charge in [0, 0.05) is 12.7 Å². The first-order valence-electron chi connectivity index (χ1n) is 5.67. The molecule has 112 valence electrons. The van der Waals surface area contributed by atoms with E-state index in [1.807, 2.05) is 6.92 Å². The molecule has 0 rings (SSSR count). The Labute approximate surface area is 111 Å². The molecule has 0 aliphatic carbocycles. The Bertz CT molecular complexity index is 306. The standard InChI is InChI=1S/C10H19O8P/c1-3-5-14-6-7-15-8-9-16-19(12,13)18-17-10(11)4-2/h4H,2-3,5-9H2,1H3,(H,12,13). The second kappa shape index (κ2) is 11.1. The molecule has 1 N–H and O–H groups in total. The lowest BCUT2D eigenvalue weighted by Gasteiger charge is -2.10. The third-order valence-electron chi connectivity index (χ3n) is 1.58. The minimum absolute atomic E-state index is 0.0821. The maximum Gasteiger partial charge on any atom is 0.508 e. The maximum atomic E-state index is 11.1. The van der Waals surface area contributed by atoms with Crippen LogP contribution in [0.2, 0.25) is 0 Å². The van der Waals surface area contributed by atoms with Crippen LogP contribution in [0, 0.1) is 0 Å². The van der Waals surface area contributed by atoms with Gasteiger partial charge in [-0.3, -0.25) is 9.41 Å². The van der Waals surface area contributed by atoms with Crippen LogP contribution in [0.1, 0.15) is 13.3 Å². The molecular weight excluding hydrogens is 279 g/mol. The van der Waals surface area contributed by atoms with Crippen molar-refractivity contribution in [2.45, 2.75) is 13.3 Å². The molecule has 9 heteroatoms. The number of ether oxygens (including phenoxy) is 2. The second-order valence-corrected chi connectivity index (χ2v) is 4.55. The van der Waals surface area contributed by atoms with Crippen molar-refractivity contribution in [3.8, 4) is 0 Å². The Kier molecular flexibility index (Phi) is 10.7. The van der Waals surface area contributed by atoms with E-state index in [4.69, 9.17) is 14.4 Å². The molecule has 19 heavy (non-hydrogen) atoms. The number of rotatable bonds is 12. The highest BCUT2D eigenvalue weighted by molar-refractivity contribution is 7.47. The van der Waals surface area contributed by atoms with Gasteiger partial charge in [0.2, 0.25) is 0 Å². The van der Waals surface area contributed by atoms with Gasteiger partial charge in [-0.2, -0.15) is 0 Å². The van der Waals surface area contributed by atoms with Gasteiger partial charge >= 0.3 is 13.8 Å². The Balaban J connectivity index is 3.50. The SMILES string of the molecule is C=CC(=O)OOP(=O)(O)OCCOCCOCCC. The van der Waals surface area contributed by atoms with E-state index in [1.165, 1.54) is 0 Å². The fraction of sp³-hybridized carbons (Fsp3) is 0.700. The van der Waals surface area contributed by atoms with Gasteiger partial charge in [0.15, 0.2) is 0 Å². The fourth-order valence-electron chi connectivity index (χ4n) is 0.817. The highest BCUT2D eigenvalue weighted by Crippen LogP contribution is 2.43. The van der Waals surface area contributed by atoms with E-state index in [-0.39, 0.29) is 13.2 Å². The second-order valence-electron chi connectivity index (χ2n) is 3.21. The monoisotopic (exact) mass is 298 g/mol. The maximum absolute atomic E-state index is 11.1. The summed E-state index contributed by atoms with van der Waals surface area (Å²) in [5, 5.41) is 0. The molecule has 0 radical (unpaired) electrons. The van der Waals surface area contributed by atoms with E-state index in [1.54, 1.807) is 0 Å². The lowest BCUT2D eigenvalue weighted by molar-refractivity contribution is -0.217. The quantitative estimate of drug-likeness (QED) is 0.189. The first kappa shape index (κ1) is 18.2. The van der Waals surface area contributed by atoms with Crippen molar-refractivity contribution >= 4 is 13.8 Å². The van der Waals surface area contributed by atoms with Crippen LogP contribution in [0.15, 0.2) is 12.7 Å². The van der Waals surface area contributed by atoms with Gasteiger partial charge in [-0.25, -0.2) is 9.36 Å². The van der Waals surface area contributed by atoms with Crippen LogP contribution >= 0.6 is 7.82 Å². The molecule has 0 aromatic rings. The predicted molar refractivity (Wildman–Crippen MR) is 65.1 cm³/mol. The molecule has 0 aromatic carbocycles. The third-order valence-corrected chi connectivity index (χ3v) is 2.35. The van der Waals surface area contributed by atoms with Gasteiger partial charge in [-0.1, -0.05) is 18.2 Å². The number of carbonyl (C=O) groups is 1. The normalized spacial score (nSPS) is 13.8. The zero-order chi connectivity index (χ0) is 14.6. The van der Waals surface area contributed by atoms with Crippen LogP contribution in [0.5, 0.6) is 0 Å². The number of hydrogen-bond acceptors (Lipinski definition) is 7. The van der Waals surface area contributed by atoms with Crippen LogP contribution in [-0.4, -0.2) is 43.9 Å². The average molecular weight is 298 g/mol. The zero-order valence-electron chi connectivity index (χ0n) is 10.8. The summed E-state index contributed by atoms with van der Waals surface area (Å²) < 4.78 is 29.7. The first-order valence-corrected chi connectivity index (χ1v) is 7.17. The molecule has 0 saturated heterocycles. The summed E-state index contributed by atoms with van der Waals surface area (Å²) in [6, 6.07) is 0. The van der Waals surface area contributed by atoms with Gasteiger partial charge in [-0.15, -0.1) is 0 Å². The minimum Gasteiger partial charge on any atom is -0.379 e.